The average Bonchev–Trinajstić information content (AvgIpc) is 2.41. The molecule has 0 amide bonds. The Bertz CT molecular complexity index is 442. The number of carbonyl (C=O) groups excluding carboxylic acids is 1. The van der Waals surface area contributed by atoms with Crippen LogP contribution in [0.25, 0.3) is 4.98 Å². The lowest BCUT2D eigenvalue weighted by Crippen LogP contribution is -2.59. The van der Waals surface area contributed by atoms with Crippen molar-refractivity contribution in [2.75, 3.05) is 26.9 Å². The molecule has 0 aromatic heterocycles. The largest absolute Gasteiger partial charge is 0.505 e. The summed E-state index contributed by atoms with van der Waals surface area (Å²) in [7, 11) is 1.11. The lowest BCUT2D eigenvalue weighted by molar-refractivity contribution is -0.465. The van der Waals surface area contributed by atoms with Gasteiger partial charge in [-0.05, 0) is 0 Å². The van der Waals surface area contributed by atoms with E-state index in [0.717, 1.165) is 7.11 Å². The number of hydrogen-bond acceptors (Lipinski definition) is 7. The van der Waals surface area contributed by atoms with Crippen LogP contribution in [-0.2, 0) is 23.7 Å². The first-order valence-electron chi connectivity index (χ1n) is 5.71. The number of methoxy groups -OCH3 is 1. The molecule has 0 spiro atoms. The fourth-order valence-electron chi connectivity index (χ4n) is 1.86. The van der Waals surface area contributed by atoms with Crippen LogP contribution in [0.3, 0.4) is 0 Å². The number of diazo groups is 1. The van der Waals surface area contributed by atoms with Crippen LogP contribution in [0.5, 0.6) is 0 Å². The third kappa shape index (κ3) is 2.53. The van der Waals surface area contributed by atoms with Gasteiger partial charge in [-0.3, -0.25) is 0 Å². The topological polar surface area (TPSA) is 102 Å². The first-order chi connectivity index (χ1) is 8.94. The second kappa shape index (κ2) is 4.77. The maximum atomic E-state index is 11.3. The summed E-state index contributed by atoms with van der Waals surface area (Å²) in [6.07, 6.45) is -0.266. The molecule has 104 valence electrons. The fourth-order valence-corrected chi connectivity index (χ4v) is 1.86. The molecule has 0 aromatic carbocycles. The Labute approximate surface area is 109 Å². The molecule has 0 atom stereocenters. The molecule has 19 heavy (non-hydrogen) atoms. The van der Waals surface area contributed by atoms with Crippen LogP contribution >= 0.6 is 0 Å². The number of fused-ring (bicyclic) bond motifs is 3. The van der Waals surface area contributed by atoms with E-state index in [1.54, 1.807) is 0 Å². The molecular formula is C11H15N2O6+. The van der Waals surface area contributed by atoms with Gasteiger partial charge in [0.2, 0.25) is 11.2 Å². The maximum Gasteiger partial charge on any atom is 0.505 e. The van der Waals surface area contributed by atoms with Gasteiger partial charge in [-0.1, -0.05) is 6.92 Å². The van der Waals surface area contributed by atoms with Gasteiger partial charge in [0.1, 0.15) is 0 Å². The van der Waals surface area contributed by atoms with Crippen molar-refractivity contribution < 1.29 is 28.8 Å². The van der Waals surface area contributed by atoms with Gasteiger partial charge in [0.15, 0.2) is 4.98 Å². The summed E-state index contributed by atoms with van der Waals surface area (Å²) < 4.78 is 20.7. The molecular weight excluding hydrogens is 256 g/mol. The Morgan fingerprint density at radius 3 is 2.32 bits per heavy atom. The SMILES string of the molecule is COC(=O)/C([N+]#N)=C(\O)CC12OCC(C)(CO1)CO2. The predicted octanol–water partition coefficient (Wildman–Crippen LogP) is 0.909. The van der Waals surface area contributed by atoms with Crippen molar-refractivity contribution in [3.8, 4) is 0 Å². The third-order valence-corrected chi connectivity index (χ3v) is 3.06. The average molecular weight is 271 g/mol. The third-order valence-electron chi connectivity index (χ3n) is 3.06. The normalized spacial score (nSPS) is 34.4. The molecule has 3 saturated heterocycles. The summed E-state index contributed by atoms with van der Waals surface area (Å²) in [6, 6.07) is 0. The molecule has 3 rings (SSSR count). The Kier molecular flexibility index (Phi) is 3.45. The van der Waals surface area contributed by atoms with Crippen LogP contribution in [0.15, 0.2) is 11.5 Å². The first-order valence-corrected chi connectivity index (χ1v) is 5.71. The van der Waals surface area contributed by atoms with Crippen molar-refractivity contribution in [2.24, 2.45) is 5.41 Å². The summed E-state index contributed by atoms with van der Waals surface area (Å²) in [6.45, 7) is 3.22. The fraction of sp³-hybridized carbons (Fsp3) is 0.727. The molecule has 0 aliphatic carbocycles. The Morgan fingerprint density at radius 1 is 1.37 bits per heavy atom. The number of nitrogens with zero attached hydrogens (tertiary/aromatic N) is 2. The second-order valence-corrected chi connectivity index (χ2v) is 4.92. The van der Waals surface area contributed by atoms with Crippen molar-refractivity contribution >= 4 is 5.97 Å². The number of carbonyl (C=O) groups is 1. The van der Waals surface area contributed by atoms with Gasteiger partial charge in [-0.25, -0.2) is 4.79 Å². The lowest BCUT2D eigenvalue weighted by Gasteiger charge is -2.50. The van der Waals surface area contributed by atoms with Gasteiger partial charge >= 0.3 is 11.7 Å². The number of ether oxygens (including phenoxy) is 4. The van der Waals surface area contributed by atoms with E-state index in [4.69, 9.17) is 19.6 Å². The van der Waals surface area contributed by atoms with E-state index in [9.17, 15) is 9.90 Å². The van der Waals surface area contributed by atoms with Gasteiger partial charge in [0, 0.05) is 5.41 Å². The minimum absolute atomic E-state index is 0.201. The highest BCUT2D eigenvalue weighted by Gasteiger charge is 2.52. The summed E-state index contributed by atoms with van der Waals surface area (Å²) >= 11 is 0. The van der Waals surface area contributed by atoms with Crippen molar-refractivity contribution in [1.82, 2.24) is 0 Å². The second-order valence-electron chi connectivity index (χ2n) is 4.92. The Hall–Kier alpha value is -1.69. The standard InChI is InChI=1S/C11H14N2O6/c1-10-4-17-11(18-5-10,19-6-10)3-7(14)8(13-12)9(15)16-2/h3-6H2,1-2H3/p+1. The minimum atomic E-state index is -1.44. The summed E-state index contributed by atoms with van der Waals surface area (Å²) in [5.74, 6) is -2.93. The van der Waals surface area contributed by atoms with Crippen LogP contribution in [0, 0.1) is 10.8 Å². The Balaban J connectivity index is 2.15. The van der Waals surface area contributed by atoms with Gasteiger partial charge in [0.25, 0.3) is 5.97 Å². The summed E-state index contributed by atoms with van der Waals surface area (Å²) in [4.78, 5) is 14.0. The molecule has 8 nitrogen and oxygen atoms in total. The smallest absolute Gasteiger partial charge is 0.505 e. The van der Waals surface area contributed by atoms with Crippen LogP contribution in [0.1, 0.15) is 13.3 Å². The van der Waals surface area contributed by atoms with Crippen LogP contribution in [-0.4, -0.2) is 44.0 Å². The molecule has 0 saturated carbocycles. The molecule has 8 heteroatoms. The highest BCUT2D eigenvalue weighted by molar-refractivity contribution is 5.90. The predicted molar refractivity (Wildman–Crippen MR) is 60.1 cm³/mol. The van der Waals surface area contributed by atoms with Crippen LogP contribution in [0.4, 0.5) is 0 Å². The maximum absolute atomic E-state index is 11.3. The van der Waals surface area contributed by atoms with E-state index in [-0.39, 0.29) is 11.8 Å². The molecule has 0 aromatic rings. The zero-order chi connectivity index (χ0) is 14.1. The molecule has 3 aliphatic heterocycles. The number of esters is 1. The number of aliphatic hydroxyl groups excluding tert-OH is 1. The van der Waals surface area contributed by atoms with E-state index in [2.05, 4.69) is 9.71 Å². The van der Waals surface area contributed by atoms with Gasteiger partial charge in [0.05, 0.1) is 33.4 Å². The summed E-state index contributed by atoms with van der Waals surface area (Å²) in [5, 5.41) is 18.5. The van der Waals surface area contributed by atoms with Crippen molar-refractivity contribution in [1.29, 1.82) is 5.39 Å². The van der Waals surface area contributed by atoms with E-state index >= 15 is 0 Å². The van der Waals surface area contributed by atoms with Gasteiger partial charge in [-0.2, -0.15) is 0 Å². The molecule has 3 aliphatic rings. The highest BCUT2D eigenvalue weighted by atomic mass is 16.9. The molecule has 2 bridgehead atoms. The zero-order valence-corrected chi connectivity index (χ0v) is 10.7. The minimum Gasteiger partial charge on any atom is -0.505 e. The molecule has 1 N–H and O–H groups in total. The monoisotopic (exact) mass is 271 g/mol. The molecule has 0 unspecified atom stereocenters. The number of rotatable bonds is 3. The van der Waals surface area contributed by atoms with E-state index in [1.807, 2.05) is 6.92 Å². The molecule has 3 fully saturated rings. The van der Waals surface area contributed by atoms with Crippen molar-refractivity contribution in [2.45, 2.75) is 19.3 Å². The van der Waals surface area contributed by atoms with Gasteiger partial charge in [-0.15, -0.1) is 0 Å². The van der Waals surface area contributed by atoms with Crippen LogP contribution < -0.4 is 0 Å². The van der Waals surface area contributed by atoms with E-state index in [0.29, 0.717) is 19.8 Å². The van der Waals surface area contributed by atoms with Crippen LogP contribution in [0.2, 0.25) is 0 Å². The summed E-state index contributed by atoms with van der Waals surface area (Å²) in [5.41, 5.74) is -0.806. The van der Waals surface area contributed by atoms with E-state index in [1.165, 1.54) is 0 Å². The number of aliphatic hydroxyl groups is 1. The first kappa shape index (κ1) is 13.7. The molecule has 3 heterocycles. The molecule has 0 radical (unpaired) electrons. The lowest BCUT2D eigenvalue weighted by atomic mass is 9.91. The number of hydrogen-bond donors (Lipinski definition) is 1. The quantitative estimate of drug-likeness (QED) is 0.352. The van der Waals surface area contributed by atoms with E-state index < -0.39 is 23.4 Å². The zero-order valence-electron chi connectivity index (χ0n) is 10.7. The van der Waals surface area contributed by atoms with Crippen molar-refractivity contribution in [3.63, 3.8) is 0 Å². The highest BCUT2D eigenvalue weighted by Crippen LogP contribution is 2.41. The van der Waals surface area contributed by atoms with Gasteiger partial charge < -0.3 is 24.1 Å². The van der Waals surface area contributed by atoms with Crippen molar-refractivity contribution in [3.05, 3.63) is 16.4 Å². The Morgan fingerprint density at radius 2 is 1.89 bits per heavy atom.